The van der Waals surface area contributed by atoms with Crippen LogP contribution in [0.4, 0.5) is 13.2 Å². The lowest BCUT2D eigenvalue weighted by molar-refractivity contribution is -0.196. The van der Waals surface area contributed by atoms with Crippen LogP contribution in [0.5, 0.6) is 11.5 Å². The molecule has 2 heterocycles. The number of methoxy groups -OCH3 is 1. The lowest BCUT2D eigenvalue weighted by Gasteiger charge is -2.52. The summed E-state index contributed by atoms with van der Waals surface area (Å²) in [5.74, 6) is -1.48. The van der Waals surface area contributed by atoms with Crippen LogP contribution < -0.4 is 15.0 Å². The Morgan fingerprint density at radius 1 is 1.26 bits per heavy atom. The number of aromatic nitrogens is 2. The van der Waals surface area contributed by atoms with Crippen LogP contribution in [0.15, 0.2) is 23.3 Å². The maximum Gasteiger partial charge on any atom is 0.471 e. The number of carbonyl (C=O) groups is 1. The highest BCUT2D eigenvalue weighted by atomic mass is 19.4. The number of nitrogens with zero attached hydrogens (tertiary/aromatic N) is 2. The highest BCUT2D eigenvalue weighted by molar-refractivity contribution is 5.82. The molecule has 2 fully saturated rings. The molecule has 4 rings (SSSR count). The van der Waals surface area contributed by atoms with Gasteiger partial charge in [-0.25, -0.2) is 4.98 Å². The van der Waals surface area contributed by atoms with Crippen molar-refractivity contribution in [3.8, 4) is 11.5 Å². The van der Waals surface area contributed by atoms with Gasteiger partial charge in [0.2, 0.25) is 0 Å². The Kier molecular flexibility index (Phi) is 4.01. The highest BCUT2D eigenvalue weighted by Gasteiger charge is 2.53. The zero-order valence-electron chi connectivity index (χ0n) is 14.2. The van der Waals surface area contributed by atoms with Crippen molar-refractivity contribution in [3.63, 3.8) is 0 Å². The molecule has 1 aromatic carbocycles. The van der Waals surface area contributed by atoms with E-state index in [9.17, 15) is 22.8 Å². The number of alkyl halides is 3. The molecule has 0 spiro atoms. The number of amides is 1. The topological polar surface area (TPSA) is 84.5 Å². The summed E-state index contributed by atoms with van der Waals surface area (Å²) in [4.78, 5) is 30.8. The van der Waals surface area contributed by atoms with Crippen molar-refractivity contribution < 1.29 is 27.4 Å². The molecule has 2 bridgehead atoms. The van der Waals surface area contributed by atoms with Crippen molar-refractivity contribution in [1.29, 1.82) is 0 Å². The number of aromatic amines is 1. The van der Waals surface area contributed by atoms with E-state index in [1.54, 1.807) is 6.07 Å². The molecule has 2 aliphatic rings. The Bertz CT molecular complexity index is 947. The van der Waals surface area contributed by atoms with Crippen molar-refractivity contribution in [3.05, 3.63) is 28.8 Å². The van der Waals surface area contributed by atoms with Gasteiger partial charge in [0.05, 0.1) is 24.3 Å². The van der Waals surface area contributed by atoms with Crippen molar-refractivity contribution in [1.82, 2.24) is 14.9 Å². The molecule has 2 aromatic rings. The number of rotatable bonds is 3. The molecular formula is C17H16F3N3O4. The molecule has 1 saturated heterocycles. The molecule has 1 unspecified atom stereocenters. The van der Waals surface area contributed by atoms with Crippen LogP contribution in [-0.4, -0.2) is 53.3 Å². The van der Waals surface area contributed by atoms with Gasteiger partial charge in [0, 0.05) is 31.0 Å². The predicted octanol–water partition coefficient (Wildman–Crippen LogP) is 1.72. The zero-order valence-corrected chi connectivity index (χ0v) is 14.2. The molecular weight excluding hydrogens is 367 g/mol. The third-order valence-electron chi connectivity index (χ3n) is 5.16. The first-order chi connectivity index (χ1) is 12.8. The van der Waals surface area contributed by atoms with Gasteiger partial charge in [0.25, 0.3) is 5.56 Å². The minimum atomic E-state index is -4.87. The first-order valence-electron chi connectivity index (χ1n) is 8.36. The number of carbonyl (C=O) groups excluding carboxylic acids is 1. The standard InChI is InChI=1S/C17H16F3N3O4/c1-26-12-4-11-10(15(24)22-7-21-11)3-13(12)27-14-8-2-9(14)6-23(5-8)16(25)17(18,19)20/h3-4,7-9,14H,2,5-6H2,1H3,(H,21,22,24)/t8-,9+,14?. The Morgan fingerprint density at radius 2 is 1.96 bits per heavy atom. The van der Waals surface area contributed by atoms with E-state index >= 15 is 0 Å². The van der Waals surface area contributed by atoms with E-state index in [0.29, 0.717) is 28.8 Å². The number of piperidine rings is 2. The van der Waals surface area contributed by atoms with E-state index in [1.807, 2.05) is 0 Å². The van der Waals surface area contributed by atoms with Crippen LogP contribution in [0.1, 0.15) is 6.42 Å². The fourth-order valence-electron chi connectivity index (χ4n) is 3.86. The summed E-state index contributed by atoms with van der Waals surface area (Å²) in [5, 5.41) is 0.326. The molecule has 7 nitrogen and oxygen atoms in total. The van der Waals surface area contributed by atoms with Crippen LogP contribution in [-0.2, 0) is 4.79 Å². The fourth-order valence-corrected chi connectivity index (χ4v) is 3.86. The molecule has 10 heteroatoms. The van der Waals surface area contributed by atoms with Gasteiger partial charge in [-0.05, 0) is 12.5 Å². The van der Waals surface area contributed by atoms with Gasteiger partial charge in [0.15, 0.2) is 11.5 Å². The smallest absolute Gasteiger partial charge is 0.471 e. The lowest BCUT2D eigenvalue weighted by atomic mass is 9.68. The molecule has 1 N–H and O–H groups in total. The second-order valence-corrected chi connectivity index (χ2v) is 6.80. The van der Waals surface area contributed by atoms with E-state index in [2.05, 4.69) is 9.97 Å². The second-order valence-electron chi connectivity index (χ2n) is 6.80. The number of likely N-dealkylation sites (tertiary alicyclic amines) is 1. The summed E-state index contributed by atoms with van der Waals surface area (Å²) in [6.07, 6.45) is -3.21. The monoisotopic (exact) mass is 383 g/mol. The fraction of sp³-hybridized carbons (Fsp3) is 0.471. The van der Waals surface area contributed by atoms with Gasteiger partial charge >= 0.3 is 12.1 Å². The maximum absolute atomic E-state index is 12.6. The molecule has 1 amide bonds. The quantitative estimate of drug-likeness (QED) is 0.873. The van der Waals surface area contributed by atoms with Gasteiger partial charge in [-0.1, -0.05) is 0 Å². The predicted molar refractivity (Wildman–Crippen MR) is 87.6 cm³/mol. The summed E-state index contributed by atoms with van der Waals surface area (Å²) in [5.41, 5.74) is 0.113. The minimum absolute atomic E-state index is 0.00243. The molecule has 1 aliphatic heterocycles. The zero-order chi connectivity index (χ0) is 19.3. The molecule has 144 valence electrons. The lowest BCUT2D eigenvalue weighted by Crippen LogP contribution is -2.63. The van der Waals surface area contributed by atoms with E-state index in [1.165, 1.54) is 19.5 Å². The van der Waals surface area contributed by atoms with Crippen LogP contribution >= 0.6 is 0 Å². The first-order valence-corrected chi connectivity index (χ1v) is 8.36. The van der Waals surface area contributed by atoms with Crippen LogP contribution in [0, 0.1) is 11.8 Å². The molecule has 27 heavy (non-hydrogen) atoms. The summed E-state index contributed by atoms with van der Waals surface area (Å²) >= 11 is 0. The molecule has 3 atom stereocenters. The summed E-state index contributed by atoms with van der Waals surface area (Å²) in [6.45, 7) is -0.00487. The Labute approximate surface area is 151 Å². The summed E-state index contributed by atoms with van der Waals surface area (Å²) < 4.78 is 49.2. The van der Waals surface area contributed by atoms with Crippen LogP contribution in [0.25, 0.3) is 10.9 Å². The second kappa shape index (κ2) is 6.14. The van der Waals surface area contributed by atoms with Gasteiger partial charge in [-0.2, -0.15) is 13.2 Å². The van der Waals surface area contributed by atoms with Gasteiger partial charge in [-0.3, -0.25) is 9.59 Å². The van der Waals surface area contributed by atoms with E-state index in [4.69, 9.17) is 9.47 Å². The molecule has 1 saturated carbocycles. The van der Waals surface area contributed by atoms with Gasteiger partial charge in [-0.15, -0.1) is 0 Å². The van der Waals surface area contributed by atoms with Crippen molar-refractivity contribution in [2.45, 2.75) is 18.7 Å². The number of hydrogen-bond acceptors (Lipinski definition) is 5. The maximum atomic E-state index is 12.6. The Balaban J connectivity index is 1.55. The van der Waals surface area contributed by atoms with E-state index < -0.39 is 12.1 Å². The summed E-state index contributed by atoms with van der Waals surface area (Å²) in [6, 6.07) is 3.10. The average Bonchev–Trinajstić information content (AvgIpc) is 2.64. The minimum Gasteiger partial charge on any atom is -0.493 e. The van der Waals surface area contributed by atoms with Crippen molar-refractivity contribution in [2.75, 3.05) is 20.2 Å². The van der Waals surface area contributed by atoms with E-state index in [0.717, 1.165) is 4.90 Å². The third-order valence-corrected chi connectivity index (χ3v) is 5.16. The van der Waals surface area contributed by atoms with Crippen LogP contribution in [0.2, 0.25) is 0 Å². The average molecular weight is 383 g/mol. The number of nitrogens with one attached hydrogen (secondary N) is 1. The normalized spacial score (nSPS) is 24.4. The van der Waals surface area contributed by atoms with Gasteiger partial charge in [0.1, 0.15) is 6.10 Å². The van der Waals surface area contributed by atoms with Crippen LogP contribution in [0.3, 0.4) is 0 Å². The number of benzene rings is 1. The molecule has 0 radical (unpaired) electrons. The number of ether oxygens (including phenoxy) is 2. The van der Waals surface area contributed by atoms with E-state index in [-0.39, 0.29) is 36.6 Å². The van der Waals surface area contributed by atoms with Crippen molar-refractivity contribution in [2.24, 2.45) is 11.8 Å². The van der Waals surface area contributed by atoms with Crippen molar-refractivity contribution >= 4 is 16.8 Å². The Hall–Kier alpha value is -2.78. The highest BCUT2D eigenvalue weighted by Crippen LogP contribution is 2.45. The number of halogens is 3. The number of hydrogen-bond donors (Lipinski definition) is 1. The number of fused-ring (bicyclic) bond motifs is 3. The number of H-pyrrole nitrogens is 1. The van der Waals surface area contributed by atoms with Gasteiger partial charge < -0.3 is 19.4 Å². The summed E-state index contributed by atoms with van der Waals surface area (Å²) in [7, 11) is 1.45. The SMILES string of the molecule is COc1cc2nc[nH]c(=O)c2cc1OC1[C@@H]2C[C@H]1CN(C(=O)C(F)(F)F)C2. The Morgan fingerprint density at radius 3 is 2.59 bits per heavy atom. The largest absolute Gasteiger partial charge is 0.493 e. The molecule has 1 aliphatic carbocycles. The molecule has 1 aromatic heterocycles. The third kappa shape index (κ3) is 2.98. The first kappa shape index (κ1) is 17.6.